The van der Waals surface area contributed by atoms with E-state index in [-0.39, 0.29) is 5.91 Å². The molecule has 0 N–H and O–H groups in total. The first-order valence-electron chi connectivity index (χ1n) is 10.2. The van der Waals surface area contributed by atoms with Crippen molar-refractivity contribution in [2.24, 2.45) is 4.99 Å². The Hall–Kier alpha value is -2.77. The molecule has 3 aromatic rings. The van der Waals surface area contributed by atoms with Crippen molar-refractivity contribution in [1.82, 2.24) is 9.47 Å². The molecule has 0 saturated carbocycles. The van der Waals surface area contributed by atoms with Crippen molar-refractivity contribution < 1.29 is 9.53 Å². The molecule has 1 aliphatic rings. The average Bonchev–Trinajstić information content (AvgIpc) is 3.23. The van der Waals surface area contributed by atoms with Crippen molar-refractivity contribution in [2.75, 3.05) is 14.1 Å². The van der Waals surface area contributed by atoms with Gasteiger partial charge in [-0.15, -0.1) is 0 Å². The van der Waals surface area contributed by atoms with E-state index in [1.54, 1.807) is 19.0 Å². The third kappa shape index (κ3) is 4.54. The molecule has 2 heterocycles. The quantitative estimate of drug-likeness (QED) is 0.398. The number of likely N-dealkylation sites (N-methyl/N-ethyl adjacent to an activating group) is 1. The number of ether oxygens (including phenoxy) is 1. The van der Waals surface area contributed by atoms with Crippen molar-refractivity contribution in [3.8, 4) is 11.4 Å². The predicted molar refractivity (Wildman–Crippen MR) is 135 cm³/mol. The molecule has 0 spiro atoms. The highest BCUT2D eigenvalue weighted by Crippen LogP contribution is 2.33. The Morgan fingerprint density at radius 2 is 1.78 bits per heavy atom. The lowest BCUT2D eigenvalue weighted by Crippen LogP contribution is -2.23. The average molecular weight is 510 g/mol. The van der Waals surface area contributed by atoms with Crippen LogP contribution in [0.2, 0.25) is 0 Å². The maximum atomic E-state index is 12.5. The summed E-state index contributed by atoms with van der Waals surface area (Å²) in [5, 5.41) is 0.716. The van der Waals surface area contributed by atoms with Gasteiger partial charge in [-0.2, -0.15) is 0 Å². The molecule has 7 heteroatoms. The highest BCUT2D eigenvalue weighted by molar-refractivity contribution is 9.10. The minimum absolute atomic E-state index is 0.0207. The largest absolute Gasteiger partial charge is 0.489 e. The number of amides is 1. The van der Waals surface area contributed by atoms with E-state index in [0.29, 0.717) is 16.7 Å². The number of carbonyl (C=O) groups excluding carboxylic acids is 1. The van der Waals surface area contributed by atoms with Gasteiger partial charge in [0.05, 0.1) is 4.91 Å². The summed E-state index contributed by atoms with van der Waals surface area (Å²) in [6, 6.07) is 18.3. The fraction of sp³-hybridized carbons (Fsp3) is 0.200. The molecule has 0 unspecified atom stereocenters. The van der Waals surface area contributed by atoms with Crippen LogP contribution in [-0.4, -0.2) is 34.6 Å². The van der Waals surface area contributed by atoms with E-state index in [2.05, 4.69) is 57.5 Å². The number of aliphatic imine (C=N–C) groups is 1. The van der Waals surface area contributed by atoms with Crippen LogP contribution in [0.1, 0.15) is 22.5 Å². The second-order valence-corrected chi connectivity index (χ2v) is 9.48. The summed E-state index contributed by atoms with van der Waals surface area (Å²) >= 11 is 4.86. The van der Waals surface area contributed by atoms with E-state index >= 15 is 0 Å². The van der Waals surface area contributed by atoms with Gasteiger partial charge >= 0.3 is 0 Å². The number of halogens is 1. The van der Waals surface area contributed by atoms with Crippen LogP contribution in [0, 0.1) is 13.8 Å². The van der Waals surface area contributed by atoms with Crippen LogP contribution in [0.3, 0.4) is 0 Å². The van der Waals surface area contributed by atoms with Crippen molar-refractivity contribution >= 4 is 44.8 Å². The lowest BCUT2D eigenvalue weighted by atomic mass is 10.2. The second-order valence-electron chi connectivity index (χ2n) is 7.55. The number of rotatable bonds is 5. The molecular weight excluding hydrogens is 486 g/mol. The van der Waals surface area contributed by atoms with E-state index in [1.165, 1.54) is 11.8 Å². The smallest absolute Gasteiger partial charge is 0.266 e. The zero-order chi connectivity index (χ0) is 22.8. The molecule has 164 valence electrons. The molecule has 1 fully saturated rings. The number of aryl methyl sites for hydroxylation is 1. The predicted octanol–water partition coefficient (Wildman–Crippen LogP) is 5.97. The van der Waals surface area contributed by atoms with Crippen LogP contribution >= 0.6 is 27.7 Å². The lowest BCUT2D eigenvalue weighted by molar-refractivity contribution is -0.121. The van der Waals surface area contributed by atoms with Crippen LogP contribution in [0.15, 0.2) is 69.0 Å². The van der Waals surface area contributed by atoms with Gasteiger partial charge in [0, 0.05) is 35.6 Å². The van der Waals surface area contributed by atoms with Gasteiger partial charge in [0.2, 0.25) is 0 Å². The van der Waals surface area contributed by atoms with Gasteiger partial charge in [0.1, 0.15) is 12.4 Å². The molecule has 1 saturated heterocycles. The summed E-state index contributed by atoms with van der Waals surface area (Å²) in [7, 11) is 3.45. The number of aromatic nitrogens is 1. The van der Waals surface area contributed by atoms with Crippen molar-refractivity contribution in [1.29, 1.82) is 0 Å². The molecule has 0 aliphatic carbocycles. The molecule has 2 aromatic carbocycles. The number of hydrogen-bond donors (Lipinski definition) is 0. The maximum Gasteiger partial charge on any atom is 0.266 e. The summed E-state index contributed by atoms with van der Waals surface area (Å²) in [6.07, 6.45) is 1.95. The van der Waals surface area contributed by atoms with Crippen LogP contribution in [-0.2, 0) is 11.4 Å². The number of hydrogen-bond acceptors (Lipinski definition) is 4. The van der Waals surface area contributed by atoms with Gasteiger partial charge in [-0.1, -0.05) is 28.1 Å². The molecule has 1 aromatic heterocycles. The molecule has 0 atom stereocenters. The zero-order valence-electron chi connectivity index (χ0n) is 18.4. The first-order valence-corrected chi connectivity index (χ1v) is 11.8. The van der Waals surface area contributed by atoms with Gasteiger partial charge < -0.3 is 9.30 Å². The summed E-state index contributed by atoms with van der Waals surface area (Å²) < 4.78 is 9.17. The standard InChI is InChI=1S/C25H24BrN3O2S/c1-16-13-19(14-23-24(30)28(4)25(27-3)32-23)17(2)29(16)21-9-11-22(12-10-21)31-15-18-5-7-20(26)8-6-18/h5-14H,15H2,1-4H3/b23-14-,27-25?. The third-order valence-electron chi connectivity index (χ3n) is 5.37. The Morgan fingerprint density at radius 3 is 2.41 bits per heavy atom. The monoisotopic (exact) mass is 509 g/mol. The Balaban J connectivity index is 1.53. The molecule has 0 radical (unpaired) electrons. The van der Waals surface area contributed by atoms with Gasteiger partial charge in [-0.3, -0.25) is 14.7 Å². The molecular formula is C25H24BrN3O2S. The first-order chi connectivity index (χ1) is 15.4. The fourth-order valence-electron chi connectivity index (χ4n) is 3.66. The summed E-state index contributed by atoms with van der Waals surface area (Å²) in [5.41, 5.74) is 5.38. The maximum absolute atomic E-state index is 12.5. The van der Waals surface area contributed by atoms with Gasteiger partial charge in [0.25, 0.3) is 5.91 Å². The highest BCUT2D eigenvalue weighted by atomic mass is 79.9. The van der Waals surface area contributed by atoms with E-state index in [1.807, 2.05) is 42.5 Å². The fourth-order valence-corrected chi connectivity index (χ4v) is 4.84. The van der Waals surface area contributed by atoms with Crippen molar-refractivity contribution in [3.05, 3.63) is 86.5 Å². The Labute approximate surface area is 200 Å². The molecule has 1 aliphatic heterocycles. The highest BCUT2D eigenvalue weighted by Gasteiger charge is 2.30. The topological polar surface area (TPSA) is 46.8 Å². The van der Waals surface area contributed by atoms with Crippen LogP contribution < -0.4 is 4.74 Å². The van der Waals surface area contributed by atoms with E-state index in [0.717, 1.165) is 38.4 Å². The van der Waals surface area contributed by atoms with E-state index < -0.39 is 0 Å². The van der Waals surface area contributed by atoms with Crippen molar-refractivity contribution in [2.45, 2.75) is 20.5 Å². The van der Waals surface area contributed by atoms with E-state index in [4.69, 9.17) is 4.74 Å². The summed E-state index contributed by atoms with van der Waals surface area (Å²) in [4.78, 5) is 18.9. The molecule has 32 heavy (non-hydrogen) atoms. The summed E-state index contributed by atoms with van der Waals surface area (Å²) in [5.74, 6) is 0.802. The van der Waals surface area contributed by atoms with E-state index in [9.17, 15) is 4.79 Å². The Bertz CT molecular complexity index is 1210. The molecule has 0 bridgehead atoms. The molecule has 1 amide bonds. The number of thioether (sulfide) groups is 1. The number of amidine groups is 1. The Kier molecular flexibility index (Phi) is 6.58. The SMILES string of the molecule is CN=C1S/C(=C\c2cc(C)n(-c3ccc(OCc4ccc(Br)cc4)cc3)c2C)C(=O)N1C. The van der Waals surface area contributed by atoms with Crippen LogP contribution in [0.4, 0.5) is 0 Å². The van der Waals surface area contributed by atoms with Gasteiger partial charge in [0.15, 0.2) is 5.17 Å². The minimum Gasteiger partial charge on any atom is -0.489 e. The van der Waals surface area contributed by atoms with Crippen LogP contribution in [0.5, 0.6) is 5.75 Å². The first kappa shape index (κ1) is 22.4. The zero-order valence-corrected chi connectivity index (χ0v) is 20.8. The molecule has 5 nitrogen and oxygen atoms in total. The third-order valence-corrected chi connectivity index (χ3v) is 7.05. The number of benzene rings is 2. The second kappa shape index (κ2) is 9.38. The van der Waals surface area contributed by atoms with Gasteiger partial charge in [-0.25, -0.2) is 0 Å². The summed E-state index contributed by atoms with van der Waals surface area (Å²) in [6.45, 7) is 4.66. The number of nitrogens with zero attached hydrogens (tertiary/aromatic N) is 3. The van der Waals surface area contributed by atoms with Gasteiger partial charge in [-0.05, 0) is 85.3 Å². The van der Waals surface area contributed by atoms with Crippen molar-refractivity contribution in [3.63, 3.8) is 0 Å². The normalized spacial score (nSPS) is 16.4. The minimum atomic E-state index is -0.0207. The molecule has 4 rings (SSSR count). The van der Waals surface area contributed by atoms with Crippen LogP contribution in [0.25, 0.3) is 11.8 Å². The number of carbonyl (C=O) groups is 1. The Morgan fingerprint density at radius 1 is 1.09 bits per heavy atom. The lowest BCUT2D eigenvalue weighted by Gasteiger charge is -2.12.